The molecule has 18 heavy (non-hydrogen) atoms. The van der Waals surface area contributed by atoms with Crippen LogP contribution in [0.2, 0.25) is 5.02 Å². The van der Waals surface area contributed by atoms with Gasteiger partial charge in [0.2, 0.25) is 0 Å². The summed E-state index contributed by atoms with van der Waals surface area (Å²) >= 11 is 9.53. The minimum absolute atomic E-state index is 0.0308. The van der Waals surface area contributed by atoms with Crippen molar-refractivity contribution < 1.29 is 0 Å². The van der Waals surface area contributed by atoms with Crippen LogP contribution in [0.25, 0.3) is 0 Å². The van der Waals surface area contributed by atoms with Gasteiger partial charge in [0.1, 0.15) is 0 Å². The third kappa shape index (κ3) is 3.58. The zero-order valence-electron chi connectivity index (χ0n) is 10.2. The van der Waals surface area contributed by atoms with E-state index in [4.69, 9.17) is 17.3 Å². The van der Waals surface area contributed by atoms with E-state index in [2.05, 4.69) is 34.1 Å². The molecule has 0 fully saturated rings. The van der Waals surface area contributed by atoms with Crippen molar-refractivity contribution in [1.82, 2.24) is 0 Å². The van der Waals surface area contributed by atoms with Crippen LogP contribution in [0.5, 0.6) is 0 Å². The first-order valence-electron chi connectivity index (χ1n) is 5.82. The number of aryl methyl sites for hydroxylation is 1. The second kappa shape index (κ2) is 5.87. The molecule has 0 amide bonds. The van der Waals surface area contributed by atoms with Gasteiger partial charge in [-0.25, -0.2) is 0 Å². The SMILES string of the molecule is Cc1cc(Cl)cc(C(N)Cc2cccc(Br)c2)c1. The Kier molecular flexibility index (Phi) is 4.44. The van der Waals surface area contributed by atoms with Crippen molar-refractivity contribution in [2.24, 2.45) is 5.73 Å². The molecule has 2 rings (SSSR count). The molecule has 0 aliphatic rings. The van der Waals surface area contributed by atoms with Crippen LogP contribution >= 0.6 is 27.5 Å². The van der Waals surface area contributed by atoms with Gasteiger partial charge < -0.3 is 5.73 Å². The average molecular weight is 325 g/mol. The van der Waals surface area contributed by atoms with E-state index in [1.165, 1.54) is 5.56 Å². The minimum atomic E-state index is -0.0308. The van der Waals surface area contributed by atoms with Crippen LogP contribution in [0.1, 0.15) is 22.7 Å². The van der Waals surface area contributed by atoms with E-state index in [9.17, 15) is 0 Å². The van der Waals surface area contributed by atoms with Crippen LogP contribution in [0.4, 0.5) is 0 Å². The summed E-state index contributed by atoms with van der Waals surface area (Å²) < 4.78 is 1.08. The van der Waals surface area contributed by atoms with Gasteiger partial charge in [0, 0.05) is 15.5 Å². The van der Waals surface area contributed by atoms with E-state index in [0.717, 1.165) is 27.0 Å². The highest BCUT2D eigenvalue weighted by molar-refractivity contribution is 9.10. The van der Waals surface area contributed by atoms with E-state index >= 15 is 0 Å². The molecule has 3 heteroatoms. The van der Waals surface area contributed by atoms with Crippen molar-refractivity contribution in [2.75, 3.05) is 0 Å². The van der Waals surface area contributed by atoms with Crippen LogP contribution in [0.3, 0.4) is 0 Å². The molecule has 2 aromatic carbocycles. The maximum atomic E-state index is 6.24. The highest BCUT2D eigenvalue weighted by atomic mass is 79.9. The van der Waals surface area contributed by atoms with Gasteiger partial charge in [-0.1, -0.05) is 45.7 Å². The zero-order chi connectivity index (χ0) is 13.1. The van der Waals surface area contributed by atoms with E-state index in [1.807, 2.05) is 31.2 Å². The Morgan fingerprint density at radius 1 is 1.22 bits per heavy atom. The zero-order valence-corrected chi connectivity index (χ0v) is 12.5. The second-order valence-electron chi connectivity index (χ2n) is 4.50. The molecule has 94 valence electrons. The number of halogens is 2. The van der Waals surface area contributed by atoms with Gasteiger partial charge in [-0.05, 0) is 54.3 Å². The molecule has 1 atom stereocenters. The summed E-state index contributed by atoms with van der Waals surface area (Å²) in [6, 6.07) is 14.2. The molecule has 0 spiro atoms. The van der Waals surface area contributed by atoms with Crippen LogP contribution in [0, 0.1) is 6.92 Å². The fourth-order valence-electron chi connectivity index (χ4n) is 2.01. The molecular formula is C15H15BrClN. The smallest absolute Gasteiger partial charge is 0.0411 e. The summed E-state index contributed by atoms with van der Waals surface area (Å²) in [6.07, 6.45) is 0.805. The van der Waals surface area contributed by atoms with Gasteiger partial charge >= 0.3 is 0 Å². The predicted octanol–water partition coefficient (Wildman–Crippen LogP) is 4.65. The Balaban J connectivity index is 2.19. The van der Waals surface area contributed by atoms with Crippen molar-refractivity contribution in [2.45, 2.75) is 19.4 Å². The van der Waals surface area contributed by atoms with Gasteiger partial charge in [0.15, 0.2) is 0 Å². The molecule has 0 aliphatic carbocycles. The van der Waals surface area contributed by atoms with Gasteiger partial charge in [-0.3, -0.25) is 0 Å². The van der Waals surface area contributed by atoms with Crippen LogP contribution < -0.4 is 5.73 Å². The van der Waals surface area contributed by atoms with Crippen molar-refractivity contribution >= 4 is 27.5 Å². The fourth-order valence-corrected chi connectivity index (χ4v) is 2.76. The fraction of sp³-hybridized carbons (Fsp3) is 0.200. The lowest BCUT2D eigenvalue weighted by Gasteiger charge is -2.13. The monoisotopic (exact) mass is 323 g/mol. The van der Waals surface area contributed by atoms with E-state index in [0.29, 0.717) is 0 Å². The molecule has 0 radical (unpaired) electrons. The molecular weight excluding hydrogens is 310 g/mol. The molecule has 0 saturated carbocycles. The maximum absolute atomic E-state index is 6.24. The lowest BCUT2D eigenvalue weighted by Crippen LogP contribution is -2.13. The minimum Gasteiger partial charge on any atom is -0.324 e. The average Bonchev–Trinajstić information content (AvgIpc) is 2.27. The Morgan fingerprint density at radius 2 is 2.00 bits per heavy atom. The Morgan fingerprint density at radius 3 is 2.67 bits per heavy atom. The Hall–Kier alpha value is -0.830. The van der Waals surface area contributed by atoms with Crippen LogP contribution in [-0.4, -0.2) is 0 Å². The van der Waals surface area contributed by atoms with E-state index in [-0.39, 0.29) is 6.04 Å². The third-order valence-electron chi connectivity index (χ3n) is 2.84. The summed E-state index contributed by atoms with van der Waals surface area (Å²) in [4.78, 5) is 0. The number of nitrogens with two attached hydrogens (primary N) is 1. The molecule has 2 N–H and O–H groups in total. The molecule has 0 aromatic heterocycles. The highest BCUT2D eigenvalue weighted by Crippen LogP contribution is 2.22. The maximum Gasteiger partial charge on any atom is 0.0411 e. The predicted molar refractivity (Wildman–Crippen MR) is 81.0 cm³/mol. The van der Waals surface area contributed by atoms with E-state index < -0.39 is 0 Å². The standard InChI is InChI=1S/C15H15BrClN/c1-10-5-12(9-14(17)6-10)15(18)8-11-3-2-4-13(16)7-11/h2-7,9,15H,8,18H2,1H3. The molecule has 0 aliphatic heterocycles. The summed E-state index contributed by atoms with van der Waals surface area (Å²) in [5, 5.41) is 0.745. The third-order valence-corrected chi connectivity index (χ3v) is 3.55. The summed E-state index contributed by atoms with van der Waals surface area (Å²) in [5.74, 6) is 0. The topological polar surface area (TPSA) is 26.0 Å². The molecule has 0 heterocycles. The first-order chi connectivity index (χ1) is 8.54. The largest absolute Gasteiger partial charge is 0.324 e. The van der Waals surface area contributed by atoms with Crippen molar-refractivity contribution in [3.05, 3.63) is 68.7 Å². The van der Waals surface area contributed by atoms with Crippen LogP contribution in [-0.2, 0) is 6.42 Å². The van der Waals surface area contributed by atoms with Crippen molar-refractivity contribution in [3.63, 3.8) is 0 Å². The van der Waals surface area contributed by atoms with Crippen molar-refractivity contribution in [1.29, 1.82) is 0 Å². The first-order valence-corrected chi connectivity index (χ1v) is 6.99. The lowest BCUT2D eigenvalue weighted by molar-refractivity contribution is 0.721. The number of benzene rings is 2. The quantitative estimate of drug-likeness (QED) is 0.873. The van der Waals surface area contributed by atoms with Crippen molar-refractivity contribution in [3.8, 4) is 0 Å². The number of hydrogen-bond acceptors (Lipinski definition) is 1. The molecule has 1 nitrogen and oxygen atoms in total. The molecule has 0 bridgehead atoms. The van der Waals surface area contributed by atoms with Gasteiger partial charge in [-0.2, -0.15) is 0 Å². The van der Waals surface area contributed by atoms with Gasteiger partial charge in [-0.15, -0.1) is 0 Å². The van der Waals surface area contributed by atoms with Gasteiger partial charge in [0.05, 0.1) is 0 Å². The molecule has 2 aromatic rings. The summed E-state index contributed by atoms with van der Waals surface area (Å²) in [7, 11) is 0. The van der Waals surface area contributed by atoms with Gasteiger partial charge in [0.25, 0.3) is 0 Å². The Labute approximate surface area is 121 Å². The molecule has 0 saturated heterocycles. The number of rotatable bonds is 3. The lowest BCUT2D eigenvalue weighted by atomic mass is 9.98. The first kappa shape index (κ1) is 13.6. The van der Waals surface area contributed by atoms with Crippen LogP contribution in [0.15, 0.2) is 46.9 Å². The summed E-state index contributed by atoms with van der Waals surface area (Å²) in [6.45, 7) is 2.03. The number of hydrogen-bond donors (Lipinski definition) is 1. The second-order valence-corrected chi connectivity index (χ2v) is 5.85. The summed E-state index contributed by atoms with van der Waals surface area (Å²) in [5.41, 5.74) is 9.68. The van der Waals surface area contributed by atoms with E-state index in [1.54, 1.807) is 0 Å². The molecule has 1 unspecified atom stereocenters. The normalized spacial score (nSPS) is 12.4. The highest BCUT2D eigenvalue weighted by Gasteiger charge is 2.08. The Bertz CT molecular complexity index is 534.